The highest BCUT2D eigenvalue weighted by molar-refractivity contribution is 5.39. The maximum Gasteiger partial charge on any atom is 0.119 e. The molecular weight excluding hydrogens is 216 g/mol. The Bertz CT molecular complexity index is 393. The molecule has 0 amide bonds. The summed E-state index contributed by atoms with van der Waals surface area (Å²) < 4.78 is 5.60. The van der Waals surface area contributed by atoms with Crippen molar-refractivity contribution < 1.29 is 14.9 Å². The largest absolute Gasteiger partial charge is 0.493 e. The van der Waals surface area contributed by atoms with Gasteiger partial charge in [-0.25, -0.2) is 0 Å². The predicted molar refractivity (Wildman–Crippen MR) is 66.1 cm³/mol. The van der Waals surface area contributed by atoms with E-state index in [0.29, 0.717) is 13.0 Å². The van der Waals surface area contributed by atoms with E-state index in [4.69, 9.17) is 4.74 Å². The van der Waals surface area contributed by atoms with Crippen LogP contribution in [0.15, 0.2) is 18.2 Å². The van der Waals surface area contributed by atoms with Gasteiger partial charge in [-0.05, 0) is 49.9 Å². The second kappa shape index (κ2) is 4.67. The van der Waals surface area contributed by atoms with Crippen molar-refractivity contribution in [3.8, 4) is 5.75 Å². The number of hydrogen-bond donors (Lipinski definition) is 2. The third kappa shape index (κ3) is 3.20. The van der Waals surface area contributed by atoms with Gasteiger partial charge in [-0.15, -0.1) is 0 Å². The molecule has 1 atom stereocenters. The van der Waals surface area contributed by atoms with Crippen LogP contribution < -0.4 is 4.74 Å². The summed E-state index contributed by atoms with van der Waals surface area (Å²) in [7, 11) is 0. The molecule has 0 saturated heterocycles. The van der Waals surface area contributed by atoms with Crippen molar-refractivity contribution in [1.29, 1.82) is 0 Å². The van der Waals surface area contributed by atoms with Gasteiger partial charge >= 0.3 is 0 Å². The first kappa shape index (κ1) is 12.4. The molecular formula is C14H20O3. The minimum atomic E-state index is -0.688. The molecule has 0 spiro atoms. The van der Waals surface area contributed by atoms with Crippen LogP contribution in [-0.4, -0.2) is 22.4 Å². The second-order valence-corrected chi connectivity index (χ2v) is 5.33. The predicted octanol–water partition coefficient (Wildman–Crippen LogP) is 2.21. The van der Waals surface area contributed by atoms with E-state index < -0.39 is 5.60 Å². The molecule has 0 aromatic heterocycles. The van der Waals surface area contributed by atoms with Gasteiger partial charge in [0.15, 0.2) is 0 Å². The fraction of sp³-hybridized carbons (Fsp3) is 0.571. The van der Waals surface area contributed by atoms with Crippen molar-refractivity contribution >= 4 is 0 Å². The zero-order chi connectivity index (χ0) is 12.5. The molecule has 0 bridgehead atoms. The number of hydrogen-bond acceptors (Lipinski definition) is 3. The van der Waals surface area contributed by atoms with Crippen LogP contribution in [0, 0.1) is 0 Å². The van der Waals surface area contributed by atoms with E-state index in [2.05, 4.69) is 0 Å². The molecule has 0 heterocycles. The molecule has 1 aromatic rings. The SMILES string of the molecule is CC(C)(O)CCOc1ccc2c(c1)CC[C@@H]2O. The van der Waals surface area contributed by atoms with Crippen molar-refractivity contribution in [2.24, 2.45) is 0 Å². The highest BCUT2D eigenvalue weighted by atomic mass is 16.5. The van der Waals surface area contributed by atoms with E-state index in [9.17, 15) is 10.2 Å². The van der Waals surface area contributed by atoms with Crippen molar-refractivity contribution in [3.63, 3.8) is 0 Å². The average molecular weight is 236 g/mol. The van der Waals surface area contributed by atoms with Gasteiger partial charge in [0, 0.05) is 6.42 Å². The first-order valence-electron chi connectivity index (χ1n) is 6.12. The molecule has 0 fully saturated rings. The quantitative estimate of drug-likeness (QED) is 0.842. The first-order chi connectivity index (χ1) is 7.96. The summed E-state index contributed by atoms with van der Waals surface area (Å²) in [4.78, 5) is 0. The van der Waals surface area contributed by atoms with Gasteiger partial charge in [-0.2, -0.15) is 0 Å². The third-order valence-electron chi connectivity index (χ3n) is 3.14. The van der Waals surface area contributed by atoms with E-state index in [0.717, 1.165) is 24.2 Å². The van der Waals surface area contributed by atoms with Crippen molar-refractivity contribution in [2.75, 3.05) is 6.61 Å². The van der Waals surface area contributed by atoms with Crippen LogP contribution >= 0.6 is 0 Å². The topological polar surface area (TPSA) is 49.7 Å². The van der Waals surface area contributed by atoms with Crippen LogP contribution in [0.4, 0.5) is 0 Å². The first-order valence-corrected chi connectivity index (χ1v) is 6.12. The van der Waals surface area contributed by atoms with E-state index in [-0.39, 0.29) is 6.10 Å². The Morgan fingerprint density at radius 1 is 1.41 bits per heavy atom. The van der Waals surface area contributed by atoms with Crippen molar-refractivity contribution in [1.82, 2.24) is 0 Å². The fourth-order valence-electron chi connectivity index (χ4n) is 2.08. The van der Waals surface area contributed by atoms with E-state index in [1.165, 1.54) is 5.56 Å². The van der Waals surface area contributed by atoms with Gasteiger partial charge in [0.2, 0.25) is 0 Å². The number of benzene rings is 1. The van der Waals surface area contributed by atoms with Crippen molar-refractivity contribution in [3.05, 3.63) is 29.3 Å². The molecule has 3 nitrogen and oxygen atoms in total. The molecule has 3 heteroatoms. The lowest BCUT2D eigenvalue weighted by molar-refractivity contribution is 0.0553. The summed E-state index contributed by atoms with van der Waals surface area (Å²) in [6.07, 6.45) is 2.02. The summed E-state index contributed by atoms with van der Waals surface area (Å²) in [5.74, 6) is 0.821. The van der Waals surface area contributed by atoms with Crippen LogP contribution in [0.25, 0.3) is 0 Å². The molecule has 1 aromatic carbocycles. The van der Waals surface area contributed by atoms with Gasteiger partial charge in [-0.1, -0.05) is 6.07 Å². The maximum absolute atomic E-state index is 9.68. The summed E-state index contributed by atoms with van der Waals surface area (Å²) in [5.41, 5.74) is 1.52. The summed E-state index contributed by atoms with van der Waals surface area (Å²) >= 11 is 0. The smallest absolute Gasteiger partial charge is 0.119 e. The molecule has 1 aliphatic carbocycles. The molecule has 94 valence electrons. The number of fused-ring (bicyclic) bond motifs is 1. The minimum absolute atomic E-state index is 0.310. The minimum Gasteiger partial charge on any atom is -0.493 e. The Kier molecular flexibility index (Phi) is 3.40. The fourth-order valence-corrected chi connectivity index (χ4v) is 2.08. The van der Waals surface area contributed by atoms with Crippen molar-refractivity contribution in [2.45, 2.75) is 44.8 Å². The molecule has 0 saturated carbocycles. The zero-order valence-corrected chi connectivity index (χ0v) is 10.4. The lowest BCUT2D eigenvalue weighted by Gasteiger charge is -2.17. The molecule has 0 aliphatic heterocycles. The summed E-state index contributed by atoms with van der Waals surface area (Å²) in [6.45, 7) is 4.05. The molecule has 2 rings (SSSR count). The Hall–Kier alpha value is -1.06. The Morgan fingerprint density at radius 3 is 2.88 bits per heavy atom. The summed E-state index contributed by atoms with van der Waals surface area (Å²) in [5, 5.41) is 19.3. The third-order valence-corrected chi connectivity index (χ3v) is 3.14. The lowest BCUT2D eigenvalue weighted by atomic mass is 10.1. The number of ether oxygens (including phenoxy) is 1. The van der Waals surface area contributed by atoms with Crippen LogP contribution in [0.2, 0.25) is 0 Å². The van der Waals surface area contributed by atoms with Gasteiger partial charge in [0.1, 0.15) is 5.75 Å². The Balaban J connectivity index is 1.95. The average Bonchev–Trinajstić information content (AvgIpc) is 2.58. The van der Waals surface area contributed by atoms with E-state index in [1.807, 2.05) is 18.2 Å². The van der Waals surface area contributed by atoms with Crippen LogP contribution in [0.5, 0.6) is 5.75 Å². The molecule has 1 aliphatic rings. The second-order valence-electron chi connectivity index (χ2n) is 5.33. The number of aliphatic hydroxyl groups excluding tert-OH is 1. The number of aliphatic hydroxyl groups is 2. The van der Waals surface area contributed by atoms with Gasteiger partial charge in [0.25, 0.3) is 0 Å². The molecule has 2 N–H and O–H groups in total. The molecule has 0 unspecified atom stereocenters. The highest BCUT2D eigenvalue weighted by Gasteiger charge is 2.20. The number of aryl methyl sites for hydroxylation is 1. The van der Waals surface area contributed by atoms with Crippen LogP contribution in [0.3, 0.4) is 0 Å². The van der Waals surface area contributed by atoms with Gasteiger partial charge < -0.3 is 14.9 Å². The van der Waals surface area contributed by atoms with Gasteiger partial charge in [0.05, 0.1) is 18.3 Å². The molecule has 0 radical (unpaired) electrons. The number of rotatable bonds is 4. The summed E-state index contributed by atoms with van der Waals surface area (Å²) in [6, 6.07) is 5.82. The normalized spacial score (nSPS) is 19.2. The monoisotopic (exact) mass is 236 g/mol. The van der Waals surface area contributed by atoms with Gasteiger partial charge in [-0.3, -0.25) is 0 Å². The zero-order valence-electron chi connectivity index (χ0n) is 10.4. The van der Waals surface area contributed by atoms with Crippen LogP contribution in [0.1, 0.15) is 43.9 Å². The Morgan fingerprint density at radius 2 is 2.18 bits per heavy atom. The maximum atomic E-state index is 9.68. The highest BCUT2D eigenvalue weighted by Crippen LogP contribution is 2.33. The van der Waals surface area contributed by atoms with E-state index in [1.54, 1.807) is 13.8 Å². The molecule has 17 heavy (non-hydrogen) atoms. The lowest BCUT2D eigenvalue weighted by Crippen LogP contribution is -2.21. The standard InChI is InChI=1S/C14H20O3/c1-14(2,16)7-8-17-11-4-5-12-10(9-11)3-6-13(12)15/h4-5,9,13,15-16H,3,6-8H2,1-2H3/t13-/m0/s1. The Labute approximate surface area is 102 Å². The van der Waals surface area contributed by atoms with Crippen LogP contribution in [-0.2, 0) is 6.42 Å². The van der Waals surface area contributed by atoms with E-state index >= 15 is 0 Å².